The summed E-state index contributed by atoms with van der Waals surface area (Å²) in [5.74, 6) is 1.75. The highest BCUT2D eigenvalue weighted by atomic mass is 32.2. The fourth-order valence-electron chi connectivity index (χ4n) is 1.38. The molecular weight excluding hydrogens is 234 g/mol. The van der Waals surface area contributed by atoms with Crippen LogP contribution in [0.15, 0.2) is 18.3 Å². The van der Waals surface area contributed by atoms with Crippen LogP contribution >= 0.6 is 11.8 Å². The van der Waals surface area contributed by atoms with E-state index in [9.17, 15) is 4.79 Å². The van der Waals surface area contributed by atoms with Gasteiger partial charge >= 0.3 is 5.97 Å². The van der Waals surface area contributed by atoms with Crippen LogP contribution in [0, 0.1) is 0 Å². The lowest BCUT2D eigenvalue weighted by Crippen LogP contribution is -2.02. The van der Waals surface area contributed by atoms with E-state index in [4.69, 9.17) is 0 Å². The third-order valence-corrected chi connectivity index (χ3v) is 3.47. The fraction of sp³-hybridized carbons (Fsp3) is 0.538. The van der Waals surface area contributed by atoms with Crippen molar-refractivity contribution in [2.45, 2.75) is 31.9 Å². The molecule has 1 rings (SSSR count). The lowest BCUT2D eigenvalue weighted by atomic mass is 10.2. The van der Waals surface area contributed by atoms with Crippen LogP contribution < -0.4 is 0 Å². The van der Waals surface area contributed by atoms with Gasteiger partial charge in [-0.25, -0.2) is 4.79 Å². The molecule has 0 bridgehead atoms. The number of esters is 1. The smallest absolute Gasteiger partial charge is 0.339 e. The first-order valence-electron chi connectivity index (χ1n) is 5.89. The Kier molecular flexibility index (Phi) is 6.70. The van der Waals surface area contributed by atoms with Crippen molar-refractivity contribution in [1.82, 2.24) is 4.98 Å². The van der Waals surface area contributed by atoms with Gasteiger partial charge in [0.05, 0.1) is 18.4 Å². The molecule has 0 aliphatic heterocycles. The van der Waals surface area contributed by atoms with Crippen LogP contribution in [-0.4, -0.2) is 23.8 Å². The Bertz CT molecular complexity index is 338. The minimum atomic E-state index is -0.334. The summed E-state index contributed by atoms with van der Waals surface area (Å²) in [6, 6.07) is 3.65. The van der Waals surface area contributed by atoms with Gasteiger partial charge in [0.1, 0.15) is 0 Å². The number of aromatic nitrogens is 1. The van der Waals surface area contributed by atoms with Crippen LogP contribution in [0.25, 0.3) is 0 Å². The highest BCUT2D eigenvalue weighted by molar-refractivity contribution is 7.98. The van der Waals surface area contributed by atoms with E-state index >= 15 is 0 Å². The summed E-state index contributed by atoms with van der Waals surface area (Å²) in [6.07, 6.45) is 5.39. The van der Waals surface area contributed by atoms with Crippen LogP contribution in [0.1, 0.15) is 42.2 Å². The zero-order valence-corrected chi connectivity index (χ0v) is 11.3. The number of hydrogen-bond donors (Lipinski definition) is 0. The van der Waals surface area contributed by atoms with Crippen LogP contribution in [0.4, 0.5) is 0 Å². The minimum Gasteiger partial charge on any atom is -0.465 e. The van der Waals surface area contributed by atoms with E-state index in [0.717, 1.165) is 11.4 Å². The van der Waals surface area contributed by atoms with Gasteiger partial charge in [0.2, 0.25) is 0 Å². The number of nitrogens with zero attached hydrogens (tertiary/aromatic N) is 1. The van der Waals surface area contributed by atoms with Gasteiger partial charge < -0.3 is 4.74 Å². The van der Waals surface area contributed by atoms with Gasteiger partial charge in [-0.3, -0.25) is 4.98 Å². The minimum absolute atomic E-state index is 0.334. The molecule has 0 aliphatic rings. The molecule has 1 heterocycles. The van der Waals surface area contributed by atoms with Crippen molar-refractivity contribution in [3.63, 3.8) is 0 Å². The van der Waals surface area contributed by atoms with Gasteiger partial charge in [-0.15, -0.1) is 0 Å². The van der Waals surface area contributed by atoms with Gasteiger partial charge in [-0.2, -0.15) is 11.8 Å². The molecule has 0 N–H and O–H groups in total. The number of methoxy groups -OCH3 is 1. The molecule has 17 heavy (non-hydrogen) atoms. The molecule has 0 radical (unpaired) electrons. The summed E-state index contributed by atoms with van der Waals surface area (Å²) in [5, 5.41) is 0. The van der Waals surface area contributed by atoms with Crippen molar-refractivity contribution in [3.8, 4) is 0 Å². The molecule has 3 nitrogen and oxygen atoms in total. The van der Waals surface area contributed by atoms with Crippen molar-refractivity contribution in [2.24, 2.45) is 0 Å². The topological polar surface area (TPSA) is 39.2 Å². The van der Waals surface area contributed by atoms with E-state index in [0.29, 0.717) is 5.56 Å². The zero-order chi connectivity index (χ0) is 12.5. The predicted molar refractivity (Wildman–Crippen MR) is 71.3 cm³/mol. The number of thioether (sulfide) groups is 1. The summed E-state index contributed by atoms with van der Waals surface area (Å²) in [7, 11) is 1.37. The summed E-state index contributed by atoms with van der Waals surface area (Å²) >= 11 is 1.89. The van der Waals surface area contributed by atoms with Crippen LogP contribution in [0.2, 0.25) is 0 Å². The van der Waals surface area contributed by atoms with E-state index < -0.39 is 0 Å². The maximum atomic E-state index is 11.2. The average Bonchev–Trinajstić information content (AvgIpc) is 2.38. The lowest BCUT2D eigenvalue weighted by molar-refractivity contribution is 0.0600. The number of carbonyl (C=O) groups excluding carboxylic acids is 1. The quantitative estimate of drug-likeness (QED) is 0.552. The summed E-state index contributed by atoms with van der Waals surface area (Å²) in [6.45, 7) is 2.21. The maximum Gasteiger partial charge on any atom is 0.339 e. The zero-order valence-electron chi connectivity index (χ0n) is 10.4. The number of rotatable bonds is 7. The highest BCUT2D eigenvalue weighted by Gasteiger charge is 2.05. The first-order valence-corrected chi connectivity index (χ1v) is 7.04. The van der Waals surface area contributed by atoms with Crippen molar-refractivity contribution in [1.29, 1.82) is 0 Å². The monoisotopic (exact) mass is 253 g/mol. The highest BCUT2D eigenvalue weighted by Crippen LogP contribution is 2.13. The number of ether oxygens (including phenoxy) is 1. The molecule has 0 atom stereocenters. The second kappa shape index (κ2) is 8.12. The molecule has 0 aliphatic carbocycles. The van der Waals surface area contributed by atoms with Crippen molar-refractivity contribution in [2.75, 3.05) is 12.9 Å². The fourth-order valence-corrected chi connectivity index (χ4v) is 2.31. The summed E-state index contributed by atoms with van der Waals surface area (Å²) in [4.78, 5) is 15.4. The maximum absolute atomic E-state index is 11.2. The summed E-state index contributed by atoms with van der Waals surface area (Å²) < 4.78 is 4.62. The molecule has 4 heteroatoms. The molecule has 1 aromatic heterocycles. The predicted octanol–water partition coefficient (Wildman–Crippen LogP) is 3.29. The Morgan fingerprint density at radius 3 is 2.82 bits per heavy atom. The third-order valence-electron chi connectivity index (χ3n) is 2.39. The Balaban J connectivity index is 2.33. The van der Waals surface area contributed by atoms with E-state index in [2.05, 4.69) is 16.6 Å². The van der Waals surface area contributed by atoms with Crippen molar-refractivity contribution >= 4 is 17.7 Å². The van der Waals surface area contributed by atoms with Gasteiger partial charge in [-0.05, 0) is 24.3 Å². The second-order valence-electron chi connectivity index (χ2n) is 3.79. The number of hydrogen-bond acceptors (Lipinski definition) is 4. The Labute approximate surface area is 107 Å². The normalized spacial score (nSPS) is 10.2. The van der Waals surface area contributed by atoms with Crippen molar-refractivity contribution in [3.05, 3.63) is 29.6 Å². The number of unbranched alkanes of at least 4 members (excludes halogenated alkanes) is 2. The van der Waals surface area contributed by atoms with Crippen molar-refractivity contribution < 1.29 is 9.53 Å². The number of pyridine rings is 1. The van der Waals surface area contributed by atoms with Gasteiger partial charge in [0, 0.05) is 11.9 Å². The standard InChI is InChI=1S/C13H19NO2S/c1-3-4-5-8-17-10-12-7-6-11(9-14-12)13(15)16-2/h6-7,9H,3-5,8,10H2,1-2H3. The SMILES string of the molecule is CCCCCSCc1ccc(C(=O)OC)cn1. The molecule has 94 valence electrons. The summed E-state index contributed by atoms with van der Waals surface area (Å²) in [5.41, 5.74) is 1.52. The van der Waals surface area contributed by atoms with Crippen LogP contribution in [0.3, 0.4) is 0 Å². The Morgan fingerprint density at radius 1 is 1.41 bits per heavy atom. The second-order valence-corrected chi connectivity index (χ2v) is 4.89. The molecule has 1 aromatic rings. The Hall–Kier alpha value is -1.03. The van der Waals surface area contributed by atoms with E-state index in [-0.39, 0.29) is 5.97 Å². The van der Waals surface area contributed by atoms with Crippen LogP contribution in [0.5, 0.6) is 0 Å². The molecule has 0 saturated carbocycles. The number of carbonyl (C=O) groups is 1. The molecular formula is C13H19NO2S. The first kappa shape index (κ1) is 14.0. The molecule has 0 saturated heterocycles. The molecule has 0 amide bonds. The Morgan fingerprint density at radius 2 is 2.24 bits per heavy atom. The molecule has 0 unspecified atom stereocenters. The third kappa shape index (κ3) is 5.22. The lowest BCUT2D eigenvalue weighted by Gasteiger charge is -2.02. The molecule has 0 fully saturated rings. The molecule has 0 spiro atoms. The van der Waals surface area contributed by atoms with Crippen LogP contribution in [-0.2, 0) is 10.5 Å². The van der Waals surface area contributed by atoms with E-state index in [1.54, 1.807) is 12.3 Å². The average molecular weight is 253 g/mol. The van der Waals surface area contributed by atoms with Gasteiger partial charge in [0.15, 0.2) is 0 Å². The largest absolute Gasteiger partial charge is 0.465 e. The van der Waals surface area contributed by atoms with Gasteiger partial charge in [-0.1, -0.05) is 19.8 Å². The van der Waals surface area contributed by atoms with Gasteiger partial charge in [0.25, 0.3) is 0 Å². The molecule has 0 aromatic carbocycles. The van der Waals surface area contributed by atoms with E-state index in [1.165, 1.54) is 32.1 Å². The first-order chi connectivity index (χ1) is 8.27. The van der Waals surface area contributed by atoms with E-state index in [1.807, 2.05) is 17.8 Å².